The van der Waals surface area contributed by atoms with E-state index in [-0.39, 0.29) is 10.3 Å². The molecule has 1 N–H and O–H groups in total. The van der Waals surface area contributed by atoms with Crippen LogP contribution in [0.1, 0.15) is 30.3 Å². The fraction of sp³-hybridized carbons (Fsp3) is 0.667. The number of likely N-dealkylation sites (tertiary alicyclic amines) is 1. The minimum atomic E-state index is -3.81. The summed E-state index contributed by atoms with van der Waals surface area (Å²) in [6.07, 6.45) is 2.02. The Bertz CT molecular complexity index is 614. The van der Waals surface area contributed by atoms with Gasteiger partial charge in [0.1, 0.15) is 0 Å². The predicted octanol–water partition coefficient (Wildman–Crippen LogP) is 0.946. The summed E-state index contributed by atoms with van der Waals surface area (Å²) >= 11 is 0.842. The summed E-state index contributed by atoms with van der Waals surface area (Å²) in [5.41, 5.74) is 0.851. The lowest BCUT2D eigenvalue weighted by atomic mass is 10.2. The highest BCUT2D eigenvalue weighted by atomic mass is 32.2. The summed E-state index contributed by atoms with van der Waals surface area (Å²) in [5.74, 6) is -1.32. The molecule has 0 aliphatic carbocycles. The molecule has 7 nitrogen and oxygen atoms in total. The van der Waals surface area contributed by atoms with Gasteiger partial charge in [0.2, 0.25) is 0 Å². The van der Waals surface area contributed by atoms with Crippen LogP contribution in [0, 0.1) is 0 Å². The van der Waals surface area contributed by atoms with Gasteiger partial charge in [0.15, 0.2) is 9.90 Å². The number of carboxylic acids is 1. The van der Waals surface area contributed by atoms with Crippen molar-refractivity contribution in [1.29, 1.82) is 0 Å². The molecule has 21 heavy (non-hydrogen) atoms. The Morgan fingerprint density at radius 3 is 2.95 bits per heavy atom. The number of sulfonamides is 1. The maximum absolute atomic E-state index is 12.5. The van der Waals surface area contributed by atoms with Crippen molar-refractivity contribution in [2.75, 3.05) is 26.7 Å². The third kappa shape index (κ3) is 3.25. The molecule has 0 saturated carbocycles. The molecule has 1 aromatic rings. The second kappa shape index (κ2) is 6.39. The maximum atomic E-state index is 12.5. The highest BCUT2D eigenvalue weighted by Crippen LogP contribution is 2.25. The van der Waals surface area contributed by atoms with Crippen LogP contribution in [0.2, 0.25) is 0 Å². The average molecular weight is 333 g/mol. The highest BCUT2D eigenvalue weighted by molar-refractivity contribution is 7.91. The molecule has 2 rings (SSSR count). The summed E-state index contributed by atoms with van der Waals surface area (Å²) in [6, 6.07) is 0.191. The Kier molecular flexibility index (Phi) is 4.97. The zero-order valence-electron chi connectivity index (χ0n) is 12.0. The molecule has 0 radical (unpaired) electrons. The monoisotopic (exact) mass is 333 g/mol. The van der Waals surface area contributed by atoms with Crippen molar-refractivity contribution in [2.45, 2.75) is 30.0 Å². The van der Waals surface area contributed by atoms with E-state index < -0.39 is 21.7 Å². The molecule has 1 aromatic heterocycles. The first-order valence-electron chi connectivity index (χ1n) is 6.75. The molecule has 1 atom stereocenters. The molecule has 0 amide bonds. The van der Waals surface area contributed by atoms with Crippen molar-refractivity contribution in [2.24, 2.45) is 0 Å². The zero-order chi connectivity index (χ0) is 15.6. The van der Waals surface area contributed by atoms with Gasteiger partial charge < -0.3 is 5.11 Å². The first-order valence-corrected chi connectivity index (χ1v) is 9.07. The maximum Gasteiger partial charge on any atom is 0.356 e. The van der Waals surface area contributed by atoms with E-state index in [1.54, 1.807) is 0 Å². The van der Waals surface area contributed by atoms with Gasteiger partial charge >= 0.3 is 5.97 Å². The van der Waals surface area contributed by atoms with E-state index in [1.807, 2.05) is 0 Å². The van der Waals surface area contributed by atoms with Crippen LogP contribution in [0.4, 0.5) is 0 Å². The number of nitrogens with zero attached hydrogens (tertiary/aromatic N) is 3. The number of carboxylic acid groups (broad SMARTS) is 1. The van der Waals surface area contributed by atoms with Crippen LogP contribution >= 0.6 is 11.3 Å². The third-order valence-electron chi connectivity index (χ3n) is 3.76. The number of aromatic carboxylic acids is 1. The van der Waals surface area contributed by atoms with Gasteiger partial charge in [-0.25, -0.2) is 18.2 Å². The fourth-order valence-electron chi connectivity index (χ4n) is 2.62. The minimum Gasteiger partial charge on any atom is -0.476 e. The Hall–Kier alpha value is -1.03. The van der Waals surface area contributed by atoms with Crippen molar-refractivity contribution in [3.63, 3.8) is 0 Å². The molecular weight excluding hydrogens is 314 g/mol. The van der Waals surface area contributed by atoms with Crippen LogP contribution in [0.5, 0.6) is 0 Å². The topological polar surface area (TPSA) is 90.8 Å². The summed E-state index contributed by atoms with van der Waals surface area (Å²) < 4.78 is 26.1. The second-order valence-electron chi connectivity index (χ2n) is 5.00. The van der Waals surface area contributed by atoms with E-state index in [0.717, 1.165) is 37.3 Å². The molecule has 0 spiro atoms. The predicted molar refractivity (Wildman–Crippen MR) is 79.2 cm³/mol. The van der Waals surface area contributed by atoms with Crippen molar-refractivity contribution in [3.8, 4) is 0 Å². The first-order chi connectivity index (χ1) is 9.87. The van der Waals surface area contributed by atoms with Crippen LogP contribution in [0.3, 0.4) is 0 Å². The quantitative estimate of drug-likeness (QED) is 0.833. The summed E-state index contributed by atoms with van der Waals surface area (Å²) in [5, 5.41) is 9.02. The summed E-state index contributed by atoms with van der Waals surface area (Å²) in [7, 11) is -2.32. The number of aromatic nitrogens is 1. The van der Waals surface area contributed by atoms with Gasteiger partial charge in [-0.15, -0.1) is 11.3 Å². The molecule has 2 heterocycles. The Morgan fingerprint density at radius 2 is 2.33 bits per heavy atom. The number of hydrogen-bond donors (Lipinski definition) is 1. The van der Waals surface area contributed by atoms with Gasteiger partial charge in [-0.1, -0.05) is 6.92 Å². The number of rotatable bonds is 6. The lowest BCUT2D eigenvalue weighted by molar-refractivity contribution is 0.0687. The van der Waals surface area contributed by atoms with Crippen LogP contribution in [0.25, 0.3) is 0 Å². The molecule has 0 bridgehead atoms. The van der Waals surface area contributed by atoms with Gasteiger partial charge in [0, 0.05) is 19.6 Å². The van der Waals surface area contributed by atoms with Crippen molar-refractivity contribution >= 4 is 27.3 Å². The molecule has 9 heteroatoms. The standard InChI is InChI=1S/C12H19N3O4S2/c1-3-15-6-4-5-9(15)7-14(2)21(18,19)12-10(11(16)17)13-8-20-12/h8-9H,3-7H2,1-2H3,(H,16,17). The van der Waals surface area contributed by atoms with Gasteiger partial charge in [0.05, 0.1) is 5.51 Å². The van der Waals surface area contributed by atoms with Gasteiger partial charge in [-0.3, -0.25) is 4.90 Å². The molecule has 1 unspecified atom stereocenters. The number of likely N-dealkylation sites (N-methyl/N-ethyl adjacent to an activating group) is 2. The van der Waals surface area contributed by atoms with Crippen molar-refractivity contribution in [3.05, 3.63) is 11.2 Å². The van der Waals surface area contributed by atoms with E-state index in [9.17, 15) is 13.2 Å². The number of hydrogen-bond acceptors (Lipinski definition) is 6. The lowest BCUT2D eigenvalue weighted by Gasteiger charge is -2.27. The summed E-state index contributed by atoms with van der Waals surface area (Å²) in [4.78, 5) is 16.9. The molecule has 1 aliphatic heterocycles. The normalized spacial score (nSPS) is 20.2. The Balaban J connectivity index is 2.19. The van der Waals surface area contributed by atoms with Gasteiger partial charge in [0.25, 0.3) is 10.0 Å². The van der Waals surface area contributed by atoms with E-state index in [4.69, 9.17) is 5.11 Å². The number of thiazole rings is 1. The molecule has 1 aliphatic rings. The average Bonchev–Trinajstić information content (AvgIpc) is 3.06. The van der Waals surface area contributed by atoms with Gasteiger partial charge in [-0.05, 0) is 25.9 Å². The van der Waals surface area contributed by atoms with E-state index in [2.05, 4.69) is 16.8 Å². The Morgan fingerprint density at radius 1 is 1.62 bits per heavy atom. The number of carbonyl (C=O) groups is 1. The van der Waals surface area contributed by atoms with Crippen molar-refractivity contribution in [1.82, 2.24) is 14.2 Å². The molecule has 1 fully saturated rings. The van der Waals surface area contributed by atoms with Crippen molar-refractivity contribution < 1.29 is 18.3 Å². The first kappa shape index (κ1) is 16.3. The van der Waals surface area contributed by atoms with Crippen LogP contribution in [-0.2, 0) is 10.0 Å². The fourth-order valence-corrected chi connectivity index (χ4v) is 5.15. The van der Waals surface area contributed by atoms with Gasteiger partial charge in [-0.2, -0.15) is 4.31 Å². The highest BCUT2D eigenvalue weighted by Gasteiger charge is 2.33. The summed E-state index contributed by atoms with van der Waals surface area (Å²) in [6.45, 7) is 4.29. The van der Waals surface area contributed by atoms with Crippen LogP contribution < -0.4 is 0 Å². The van der Waals surface area contributed by atoms with Crippen LogP contribution in [-0.4, -0.2) is 66.4 Å². The largest absolute Gasteiger partial charge is 0.476 e. The Labute approximate surface area is 128 Å². The molecular formula is C12H19N3O4S2. The van der Waals surface area contributed by atoms with E-state index in [0.29, 0.717) is 6.54 Å². The zero-order valence-corrected chi connectivity index (χ0v) is 13.7. The van der Waals surface area contributed by atoms with E-state index in [1.165, 1.54) is 16.9 Å². The minimum absolute atomic E-state index is 0.191. The third-order valence-corrected chi connectivity index (χ3v) is 6.93. The van der Waals surface area contributed by atoms with E-state index >= 15 is 0 Å². The molecule has 118 valence electrons. The second-order valence-corrected chi connectivity index (χ2v) is 8.10. The van der Waals surface area contributed by atoms with Crippen LogP contribution in [0.15, 0.2) is 9.72 Å². The lowest BCUT2D eigenvalue weighted by Crippen LogP contribution is -2.41. The molecule has 1 saturated heterocycles. The molecule has 0 aromatic carbocycles. The smallest absolute Gasteiger partial charge is 0.356 e. The SMILES string of the molecule is CCN1CCCC1CN(C)S(=O)(=O)c1scnc1C(=O)O.